The SMILES string of the molecule is C=CC1=C(c2ccc(NC(=O)c3c(F)cccc3F)cc2)CCN(C(=O)OC)CC1. The van der Waals surface area contributed by atoms with E-state index < -0.39 is 23.1 Å². The number of ether oxygens (including phenoxy) is 1. The van der Waals surface area contributed by atoms with Gasteiger partial charge in [0.05, 0.1) is 7.11 Å². The summed E-state index contributed by atoms with van der Waals surface area (Å²) >= 11 is 0. The Labute approximate surface area is 173 Å². The zero-order valence-corrected chi connectivity index (χ0v) is 16.6. The molecule has 3 rings (SSSR count). The highest BCUT2D eigenvalue weighted by Crippen LogP contribution is 2.29. The normalized spacial score (nSPS) is 14.2. The van der Waals surface area contributed by atoms with Crippen molar-refractivity contribution < 1.29 is 23.1 Å². The van der Waals surface area contributed by atoms with Gasteiger partial charge in [0.25, 0.3) is 5.91 Å². The predicted molar refractivity (Wildman–Crippen MR) is 111 cm³/mol. The van der Waals surface area contributed by atoms with Crippen LogP contribution in [0.2, 0.25) is 0 Å². The van der Waals surface area contributed by atoms with Gasteiger partial charge in [-0.3, -0.25) is 4.79 Å². The first-order valence-corrected chi connectivity index (χ1v) is 9.47. The molecule has 30 heavy (non-hydrogen) atoms. The Bertz CT molecular complexity index is 980. The second-order valence-corrected chi connectivity index (χ2v) is 6.79. The molecule has 156 valence electrons. The first kappa shape index (κ1) is 21.2. The lowest BCUT2D eigenvalue weighted by atomic mass is 9.96. The molecule has 1 aliphatic rings. The Morgan fingerprint density at radius 3 is 2.30 bits per heavy atom. The number of nitrogens with one attached hydrogen (secondary N) is 1. The van der Waals surface area contributed by atoms with Crippen LogP contribution in [0.3, 0.4) is 0 Å². The van der Waals surface area contributed by atoms with E-state index in [-0.39, 0.29) is 6.09 Å². The fraction of sp³-hybridized carbons (Fsp3) is 0.217. The molecule has 0 unspecified atom stereocenters. The van der Waals surface area contributed by atoms with Crippen LogP contribution in [0, 0.1) is 11.6 Å². The maximum Gasteiger partial charge on any atom is 0.409 e. The molecule has 0 aliphatic carbocycles. The fourth-order valence-corrected chi connectivity index (χ4v) is 3.46. The predicted octanol–water partition coefficient (Wildman–Crippen LogP) is 5.02. The zero-order valence-electron chi connectivity index (χ0n) is 16.6. The molecule has 0 radical (unpaired) electrons. The number of carbonyl (C=O) groups excluding carboxylic acids is 2. The number of nitrogens with zero attached hydrogens (tertiary/aromatic N) is 1. The van der Waals surface area contributed by atoms with E-state index in [1.54, 1.807) is 23.1 Å². The van der Waals surface area contributed by atoms with Crippen molar-refractivity contribution >= 4 is 23.3 Å². The minimum Gasteiger partial charge on any atom is -0.453 e. The number of hydrogen-bond donors (Lipinski definition) is 1. The standard InChI is InChI=1S/C23H22F2N2O3/c1-3-15-11-13-27(23(29)30-2)14-12-18(15)16-7-9-17(10-8-16)26-22(28)21-19(24)5-4-6-20(21)25/h3-10H,1,11-14H2,2H3,(H,26,28). The van der Waals surface area contributed by atoms with Crippen molar-refractivity contribution in [1.29, 1.82) is 0 Å². The summed E-state index contributed by atoms with van der Waals surface area (Å²) in [6, 6.07) is 10.3. The minimum atomic E-state index is -0.918. The summed E-state index contributed by atoms with van der Waals surface area (Å²) in [5.41, 5.74) is 2.80. The summed E-state index contributed by atoms with van der Waals surface area (Å²) in [6.07, 6.45) is 2.70. The number of anilines is 1. The molecule has 2 aromatic carbocycles. The number of rotatable bonds is 4. The van der Waals surface area contributed by atoms with Crippen molar-refractivity contribution in [3.63, 3.8) is 0 Å². The van der Waals surface area contributed by atoms with E-state index in [9.17, 15) is 18.4 Å². The maximum absolute atomic E-state index is 13.8. The third kappa shape index (κ3) is 4.56. The molecule has 0 fully saturated rings. The van der Waals surface area contributed by atoms with Gasteiger partial charge in [-0.25, -0.2) is 13.6 Å². The average molecular weight is 412 g/mol. The molecule has 1 aliphatic heterocycles. The summed E-state index contributed by atoms with van der Waals surface area (Å²) in [5.74, 6) is -2.69. The van der Waals surface area contributed by atoms with Gasteiger partial charge in [0, 0.05) is 18.8 Å². The topological polar surface area (TPSA) is 58.6 Å². The van der Waals surface area contributed by atoms with Crippen LogP contribution in [0.5, 0.6) is 0 Å². The van der Waals surface area contributed by atoms with Gasteiger partial charge in [-0.2, -0.15) is 0 Å². The molecule has 7 heteroatoms. The van der Waals surface area contributed by atoms with Gasteiger partial charge in [-0.05, 0) is 53.8 Å². The quantitative estimate of drug-likeness (QED) is 0.767. The van der Waals surface area contributed by atoms with Crippen molar-refractivity contribution in [3.05, 3.63) is 83.5 Å². The van der Waals surface area contributed by atoms with Gasteiger partial charge >= 0.3 is 6.09 Å². The minimum absolute atomic E-state index is 0.363. The van der Waals surface area contributed by atoms with E-state index in [0.29, 0.717) is 31.6 Å². The molecule has 1 N–H and O–H groups in total. The Morgan fingerprint density at radius 1 is 1.07 bits per heavy atom. The van der Waals surface area contributed by atoms with Crippen molar-refractivity contribution in [2.24, 2.45) is 0 Å². The van der Waals surface area contributed by atoms with Gasteiger partial charge in [0.1, 0.15) is 17.2 Å². The maximum atomic E-state index is 13.8. The highest BCUT2D eigenvalue weighted by Gasteiger charge is 2.21. The summed E-state index contributed by atoms with van der Waals surface area (Å²) in [7, 11) is 1.36. The average Bonchev–Trinajstić information content (AvgIpc) is 2.96. The van der Waals surface area contributed by atoms with Crippen LogP contribution in [-0.4, -0.2) is 37.1 Å². The first-order valence-electron chi connectivity index (χ1n) is 9.47. The van der Waals surface area contributed by atoms with Crippen LogP contribution >= 0.6 is 0 Å². The van der Waals surface area contributed by atoms with Crippen molar-refractivity contribution in [1.82, 2.24) is 4.90 Å². The fourth-order valence-electron chi connectivity index (χ4n) is 3.46. The van der Waals surface area contributed by atoms with Crippen molar-refractivity contribution in [3.8, 4) is 0 Å². The van der Waals surface area contributed by atoms with E-state index in [2.05, 4.69) is 11.9 Å². The first-order chi connectivity index (χ1) is 14.4. The Hall–Kier alpha value is -3.48. The molecule has 5 nitrogen and oxygen atoms in total. The lowest BCUT2D eigenvalue weighted by molar-refractivity contribution is 0.101. The molecular weight excluding hydrogens is 390 g/mol. The summed E-state index contributed by atoms with van der Waals surface area (Å²) in [5, 5.41) is 2.51. The van der Waals surface area contributed by atoms with Crippen molar-refractivity contribution in [2.75, 3.05) is 25.5 Å². The molecule has 1 heterocycles. The van der Waals surface area contributed by atoms with E-state index >= 15 is 0 Å². The van der Waals surface area contributed by atoms with Crippen LogP contribution in [0.25, 0.3) is 5.57 Å². The summed E-state index contributed by atoms with van der Waals surface area (Å²) in [6.45, 7) is 4.94. The van der Waals surface area contributed by atoms with Gasteiger partial charge in [-0.1, -0.05) is 30.9 Å². The van der Waals surface area contributed by atoms with Gasteiger partial charge in [-0.15, -0.1) is 0 Å². The van der Waals surface area contributed by atoms with Crippen LogP contribution in [0.15, 0.2) is 60.7 Å². The Kier molecular flexibility index (Phi) is 6.61. The molecule has 2 amide bonds. The molecule has 0 spiro atoms. The third-order valence-electron chi connectivity index (χ3n) is 5.03. The molecule has 0 saturated heterocycles. The molecule has 2 aromatic rings. The lowest BCUT2D eigenvalue weighted by Gasteiger charge is -2.18. The van der Waals surface area contributed by atoms with Gasteiger partial charge in [0.2, 0.25) is 0 Å². The number of halogens is 2. The number of hydrogen-bond acceptors (Lipinski definition) is 3. The van der Waals surface area contributed by atoms with E-state index in [1.807, 2.05) is 12.1 Å². The summed E-state index contributed by atoms with van der Waals surface area (Å²) in [4.78, 5) is 25.7. The number of amides is 2. The molecule has 0 saturated carbocycles. The number of methoxy groups -OCH3 is 1. The lowest BCUT2D eigenvalue weighted by Crippen LogP contribution is -2.31. The highest BCUT2D eigenvalue weighted by atomic mass is 19.1. The zero-order chi connectivity index (χ0) is 21.7. The molecular formula is C23H22F2N2O3. The van der Waals surface area contributed by atoms with Gasteiger partial charge < -0.3 is 15.0 Å². The number of carbonyl (C=O) groups is 2. The highest BCUT2D eigenvalue weighted by molar-refractivity contribution is 6.04. The number of benzene rings is 2. The van der Waals surface area contributed by atoms with E-state index in [4.69, 9.17) is 4.74 Å². The largest absolute Gasteiger partial charge is 0.453 e. The van der Waals surface area contributed by atoms with Crippen LogP contribution in [-0.2, 0) is 4.74 Å². The Balaban J connectivity index is 1.77. The summed E-state index contributed by atoms with van der Waals surface area (Å²) < 4.78 is 32.4. The van der Waals surface area contributed by atoms with Crippen LogP contribution in [0.1, 0.15) is 28.8 Å². The van der Waals surface area contributed by atoms with Crippen LogP contribution in [0.4, 0.5) is 19.3 Å². The van der Waals surface area contributed by atoms with E-state index in [1.165, 1.54) is 13.2 Å². The van der Waals surface area contributed by atoms with Gasteiger partial charge in [0.15, 0.2) is 0 Å². The third-order valence-corrected chi connectivity index (χ3v) is 5.03. The molecule has 0 bridgehead atoms. The monoisotopic (exact) mass is 412 g/mol. The number of allylic oxidation sites excluding steroid dienone is 1. The second-order valence-electron chi connectivity index (χ2n) is 6.79. The van der Waals surface area contributed by atoms with E-state index in [0.717, 1.165) is 28.8 Å². The van der Waals surface area contributed by atoms with Crippen LogP contribution < -0.4 is 5.32 Å². The van der Waals surface area contributed by atoms with Crippen molar-refractivity contribution in [2.45, 2.75) is 12.8 Å². The Morgan fingerprint density at radius 2 is 1.70 bits per heavy atom. The smallest absolute Gasteiger partial charge is 0.409 e. The molecule has 0 atom stereocenters. The second kappa shape index (κ2) is 9.35. The molecule has 0 aromatic heterocycles.